The minimum atomic E-state index is -0.322. The number of aromatic nitrogens is 3. The number of benzene rings is 1. The molecule has 3 aromatic rings. The van der Waals surface area contributed by atoms with E-state index in [9.17, 15) is 4.79 Å². The fraction of sp³-hybridized carbons (Fsp3) is 0.458. The van der Waals surface area contributed by atoms with Crippen molar-refractivity contribution >= 4 is 23.6 Å². The number of thioether (sulfide) groups is 1. The van der Waals surface area contributed by atoms with E-state index in [1.54, 1.807) is 13.4 Å². The molecule has 1 aliphatic heterocycles. The molecule has 1 amide bonds. The quantitative estimate of drug-likeness (QED) is 0.475. The number of piperidine rings is 1. The van der Waals surface area contributed by atoms with E-state index < -0.39 is 0 Å². The molecule has 1 fully saturated rings. The zero-order valence-corrected chi connectivity index (χ0v) is 20.2. The van der Waals surface area contributed by atoms with Gasteiger partial charge >= 0.3 is 0 Å². The third-order valence-corrected chi connectivity index (χ3v) is 7.02. The van der Waals surface area contributed by atoms with Crippen molar-refractivity contribution in [2.75, 3.05) is 25.1 Å². The summed E-state index contributed by atoms with van der Waals surface area (Å²) in [6, 6.07) is 11.5. The molecule has 3 heterocycles. The van der Waals surface area contributed by atoms with Gasteiger partial charge in [-0.2, -0.15) is 0 Å². The first-order valence-corrected chi connectivity index (χ1v) is 12.2. The molecular weight excluding hydrogens is 438 g/mol. The number of anilines is 1. The van der Waals surface area contributed by atoms with E-state index in [0.29, 0.717) is 18.2 Å². The molecule has 1 N–H and O–H groups in total. The first-order chi connectivity index (χ1) is 16.0. The second-order valence-corrected chi connectivity index (χ2v) is 9.75. The van der Waals surface area contributed by atoms with Gasteiger partial charge in [0.15, 0.2) is 5.16 Å². The SMILES string of the molecule is COc1ccc(CNC(=O)C(C)Sc2nnc(N3CCC(C)CC3)n2Cc2ccco2)cc1. The molecule has 0 spiro atoms. The highest BCUT2D eigenvalue weighted by atomic mass is 32.2. The van der Waals surface area contributed by atoms with Crippen LogP contribution in [0, 0.1) is 5.92 Å². The fourth-order valence-electron chi connectivity index (χ4n) is 3.80. The van der Waals surface area contributed by atoms with Crippen LogP contribution >= 0.6 is 11.8 Å². The third kappa shape index (κ3) is 5.90. The van der Waals surface area contributed by atoms with Crippen LogP contribution in [0.15, 0.2) is 52.2 Å². The van der Waals surface area contributed by atoms with Gasteiger partial charge in [0.1, 0.15) is 11.5 Å². The number of ether oxygens (including phenoxy) is 1. The lowest BCUT2D eigenvalue weighted by atomic mass is 10.00. The standard InChI is InChI=1S/C24H31N5O3S/c1-17-10-12-28(13-11-17)23-26-27-24(29(23)16-21-5-4-14-32-21)33-18(2)22(30)25-15-19-6-8-20(31-3)9-7-19/h4-9,14,17-18H,10-13,15-16H2,1-3H3,(H,25,30). The zero-order valence-electron chi connectivity index (χ0n) is 19.4. The van der Waals surface area contributed by atoms with Crippen molar-refractivity contribution in [3.8, 4) is 5.75 Å². The summed E-state index contributed by atoms with van der Waals surface area (Å²) in [4.78, 5) is 15.1. The van der Waals surface area contributed by atoms with Crippen molar-refractivity contribution in [3.63, 3.8) is 0 Å². The number of furan rings is 1. The Kier molecular flexibility index (Phi) is 7.59. The summed E-state index contributed by atoms with van der Waals surface area (Å²) in [5, 5.41) is 12.4. The Labute approximate surface area is 198 Å². The van der Waals surface area contributed by atoms with Gasteiger partial charge < -0.3 is 19.4 Å². The van der Waals surface area contributed by atoms with Crippen molar-refractivity contribution in [2.24, 2.45) is 5.92 Å². The predicted molar refractivity (Wildman–Crippen MR) is 129 cm³/mol. The molecule has 0 aliphatic carbocycles. The summed E-state index contributed by atoms with van der Waals surface area (Å²) in [5.74, 6) is 3.15. The molecule has 1 unspecified atom stereocenters. The van der Waals surface area contributed by atoms with E-state index in [4.69, 9.17) is 9.15 Å². The monoisotopic (exact) mass is 469 g/mol. The van der Waals surface area contributed by atoms with E-state index >= 15 is 0 Å². The number of nitrogens with one attached hydrogen (secondary N) is 1. The van der Waals surface area contributed by atoms with Crippen LogP contribution in [0.25, 0.3) is 0 Å². The lowest BCUT2D eigenvalue weighted by molar-refractivity contribution is -0.120. The van der Waals surface area contributed by atoms with Gasteiger partial charge in [-0.1, -0.05) is 30.8 Å². The molecule has 1 saturated heterocycles. The molecule has 2 aromatic heterocycles. The molecule has 1 atom stereocenters. The van der Waals surface area contributed by atoms with Crippen LogP contribution in [0.2, 0.25) is 0 Å². The lowest BCUT2D eigenvalue weighted by Crippen LogP contribution is -2.35. The smallest absolute Gasteiger partial charge is 0.233 e. The Bertz CT molecular complexity index is 1030. The number of carbonyl (C=O) groups excluding carboxylic acids is 1. The first kappa shape index (κ1) is 23.2. The van der Waals surface area contributed by atoms with Crippen molar-refractivity contribution in [1.29, 1.82) is 0 Å². The van der Waals surface area contributed by atoms with Gasteiger partial charge in [0.05, 0.1) is 25.2 Å². The van der Waals surface area contributed by atoms with E-state index in [2.05, 4.69) is 31.9 Å². The van der Waals surface area contributed by atoms with Crippen molar-refractivity contribution in [1.82, 2.24) is 20.1 Å². The summed E-state index contributed by atoms with van der Waals surface area (Å²) >= 11 is 1.42. The summed E-state index contributed by atoms with van der Waals surface area (Å²) < 4.78 is 12.8. The Morgan fingerprint density at radius 2 is 2.00 bits per heavy atom. The molecule has 8 nitrogen and oxygen atoms in total. The normalized spacial score (nSPS) is 15.4. The van der Waals surface area contributed by atoms with Crippen LogP contribution in [0.3, 0.4) is 0 Å². The maximum atomic E-state index is 12.8. The zero-order chi connectivity index (χ0) is 23.2. The van der Waals surface area contributed by atoms with Crippen LogP contribution in [0.1, 0.15) is 38.0 Å². The van der Waals surface area contributed by atoms with Gasteiger partial charge in [0.2, 0.25) is 11.9 Å². The second-order valence-electron chi connectivity index (χ2n) is 8.44. The second kappa shape index (κ2) is 10.8. The predicted octanol–water partition coefficient (Wildman–Crippen LogP) is 3.96. The fourth-order valence-corrected chi connectivity index (χ4v) is 4.66. The van der Waals surface area contributed by atoms with E-state index in [1.807, 2.05) is 43.3 Å². The molecule has 0 bridgehead atoms. The maximum absolute atomic E-state index is 12.8. The largest absolute Gasteiger partial charge is 0.497 e. The molecule has 0 saturated carbocycles. The van der Waals surface area contributed by atoms with Crippen molar-refractivity contribution in [2.45, 2.75) is 50.2 Å². The summed E-state index contributed by atoms with van der Waals surface area (Å²) in [5.41, 5.74) is 1.02. The lowest BCUT2D eigenvalue weighted by Gasteiger charge is -2.31. The Morgan fingerprint density at radius 3 is 2.67 bits per heavy atom. The number of hydrogen-bond donors (Lipinski definition) is 1. The molecule has 1 aromatic carbocycles. The number of nitrogens with zero attached hydrogens (tertiary/aromatic N) is 4. The number of hydrogen-bond acceptors (Lipinski definition) is 7. The van der Waals surface area contributed by atoms with Crippen molar-refractivity contribution in [3.05, 3.63) is 54.0 Å². The van der Waals surface area contributed by atoms with E-state index in [-0.39, 0.29) is 11.2 Å². The molecule has 4 rings (SSSR count). The van der Waals surface area contributed by atoms with Gasteiger partial charge in [-0.15, -0.1) is 10.2 Å². The molecule has 9 heteroatoms. The van der Waals surface area contributed by atoms with Crippen LogP contribution in [0.5, 0.6) is 5.75 Å². The Balaban J connectivity index is 1.43. The van der Waals surface area contributed by atoms with Gasteiger partial charge in [0, 0.05) is 19.6 Å². The average Bonchev–Trinajstić information content (AvgIpc) is 3.49. The molecule has 0 radical (unpaired) electrons. The van der Waals surface area contributed by atoms with Gasteiger partial charge in [-0.25, -0.2) is 0 Å². The van der Waals surface area contributed by atoms with Crippen LogP contribution < -0.4 is 15.0 Å². The summed E-state index contributed by atoms with van der Waals surface area (Å²) in [6.07, 6.45) is 3.95. The Morgan fingerprint density at radius 1 is 1.24 bits per heavy atom. The Hall–Kier alpha value is -2.94. The van der Waals surface area contributed by atoms with E-state index in [1.165, 1.54) is 11.8 Å². The highest BCUT2D eigenvalue weighted by Gasteiger charge is 2.25. The average molecular weight is 470 g/mol. The van der Waals surface area contributed by atoms with Crippen LogP contribution in [-0.2, 0) is 17.9 Å². The molecular formula is C24H31N5O3S. The number of rotatable bonds is 9. The maximum Gasteiger partial charge on any atom is 0.233 e. The third-order valence-electron chi connectivity index (χ3n) is 5.94. The van der Waals surface area contributed by atoms with Crippen LogP contribution in [0.4, 0.5) is 5.95 Å². The number of amides is 1. The molecule has 176 valence electrons. The van der Waals surface area contributed by atoms with Gasteiger partial charge in [-0.3, -0.25) is 9.36 Å². The van der Waals surface area contributed by atoms with Crippen molar-refractivity contribution < 1.29 is 13.9 Å². The highest BCUT2D eigenvalue weighted by Crippen LogP contribution is 2.29. The first-order valence-electron chi connectivity index (χ1n) is 11.3. The minimum absolute atomic E-state index is 0.0447. The minimum Gasteiger partial charge on any atom is -0.497 e. The summed E-state index contributed by atoms with van der Waals surface area (Å²) in [7, 11) is 1.64. The van der Waals surface area contributed by atoms with E-state index in [0.717, 1.165) is 54.9 Å². The number of carbonyl (C=O) groups is 1. The van der Waals surface area contributed by atoms with Gasteiger partial charge in [-0.05, 0) is 55.5 Å². The topological polar surface area (TPSA) is 85.4 Å². The summed E-state index contributed by atoms with van der Waals surface area (Å²) in [6.45, 7) is 7.09. The number of methoxy groups -OCH3 is 1. The molecule has 1 aliphatic rings. The van der Waals surface area contributed by atoms with Crippen LogP contribution in [-0.4, -0.2) is 46.1 Å². The highest BCUT2D eigenvalue weighted by molar-refractivity contribution is 8.00. The molecule has 33 heavy (non-hydrogen) atoms. The van der Waals surface area contributed by atoms with Gasteiger partial charge in [0.25, 0.3) is 0 Å².